The molecule has 1 aromatic carbocycles. The highest BCUT2D eigenvalue weighted by Gasteiger charge is 2.51. The lowest BCUT2D eigenvalue weighted by molar-refractivity contribution is -0.131. The number of ether oxygens (including phenoxy) is 3. The molecule has 3 rings (SSSR count). The van der Waals surface area contributed by atoms with Gasteiger partial charge in [-0.15, -0.1) is 0 Å². The first kappa shape index (κ1) is 20.8. The van der Waals surface area contributed by atoms with Gasteiger partial charge in [0.1, 0.15) is 5.54 Å². The van der Waals surface area contributed by atoms with Gasteiger partial charge in [0, 0.05) is 13.1 Å². The van der Waals surface area contributed by atoms with Gasteiger partial charge in [0.25, 0.3) is 11.8 Å². The van der Waals surface area contributed by atoms with Crippen LogP contribution in [0.15, 0.2) is 12.1 Å². The lowest BCUT2D eigenvalue weighted by Gasteiger charge is -2.20. The molecule has 2 fully saturated rings. The quantitative estimate of drug-likeness (QED) is 0.504. The zero-order valence-electron chi connectivity index (χ0n) is 17.0. The molecule has 0 atom stereocenters. The average molecular weight is 405 g/mol. The molecule has 158 valence electrons. The maximum Gasteiger partial charge on any atom is 0.325 e. The summed E-state index contributed by atoms with van der Waals surface area (Å²) in [5.41, 5.74) is -0.391. The van der Waals surface area contributed by atoms with Crippen LogP contribution in [0.2, 0.25) is 0 Å². The summed E-state index contributed by atoms with van der Waals surface area (Å²) < 4.78 is 15.8. The molecule has 2 N–H and O–H groups in total. The van der Waals surface area contributed by atoms with E-state index in [1.807, 2.05) is 0 Å². The second-order valence-corrected chi connectivity index (χ2v) is 7.17. The number of hydrogen-bond donors (Lipinski definition) is 2. The lowest BCUT2D eigenvalue weighted by Crippen LogP contribution is -2.44. The third-order valence-corrected chi connectivity index (χ3v) is 5.50. The van der Waals surface area contributed by atoms with Crippen molar-refractivity contribution in [2.75, 3.05) is 34.4 Å². The number of nitrogens with zero attached hydrogens (tertiary/aromatic N) is 1. The largest absolute Gasteiger partial charge is 0.493 e. The Morgan fingerprint density at radius 3 is 2.41 bits per heavy atom. The maximum atomic E-state index is 12.6. The first-order valence-electron chi connectivity index (χ1n) is 9.68. The fourth-order valence-electron chi connectivity index (χ4n) is 4.01. The fraction of sp³-hybridized carbons (Fsp3) is 0.550. The topological polar surface area (TPSA) is 106 Å². The first-order chi connectivity index (χ1) is 14.0. The Morgan fingerprint density at radius 1 is 1.10 bits per heavy atom. The van der Waals surface area contributed by atoms with Crippen molar-refractivity contribution >= 4 is 17.8 Å². The predicted octanol–water partition coefficient (Wildman–Crippen LogP) is 1.70. The summed E-state index contributed by atoms with van der Waals surface area (Å²) in [6, 6.07) is 2.88. The number of carbonyl (C=O) groups is 3. The van der Waals surface area contributed by atoms with Crippen LogP contribution in [0.25, 0.3) is 0 Å². The molecule has 1 spiro atoms. The number of benzene rings is 1. The molecular formula is C20H27N3O6. The van der Waals surface area contributed by atoms with E-state index in [9.17, 15) is 14.4 Å². The molecule has 4 amide bonds. The van der Waals surface area contributed by atoms with Gasteiger partial charge in [-0.3, -0.25) is 14.5 Å². The van der Waals surface area contributed by atoms with Crippen LogP contribution in [-0.2, 0) is 4.79 Å². The van der Waals surface area contributed by atoms with Gasteiger partial charge in [-0.05, 0) is 31.4 Å². The second-order valence-electron chi connectivity index (χ2n) is 7.17. The van der Waals surface area contributed by atoms with Crippen LogP contribution < -0.4 is 24.8 Å². The highest BCUT2D eigenvalue weighted by atomic mass is 16.5. The molecule has 1 aliphatic carbocycles. The molecule has 1 heterocycles. The zero-order chi connectivity index (χ0) is 21.0. The van der Waals surface area contributed by atoms with E-state index in [0.717, 1.165) is 12.8 Å². The Labute approximate surface area is 169 Å². The van der Waals surface area contributed by atoms with Crippen molar-refractivity contribution in [2.45, 2.75) is 37.6 Å². The molecule has 0 radical (unpaired) electrons. The van der Waals surface area contributed by atoms with Gasteiger partial charge in [-0.25, -0.2) is 4.79 Å². The summed E-state index contributed by atoms with van der Waals surface area (Å²) in [4.78, 5) is 38.6. The Bertz CT molecular complexity index is 804. The molecule has 0 unspecified atom stereocenters. The minimum absolute atomic E-state index is 0.145. The van der Waals surface area contributed by atoms with Gasteiger partial charge in [0.05, 0.1) is 26.9 Å². The van der Waals surface area contributed by atoms with E-state index in [4.69, 9.17) is 14.2 Å². The average Bonchev–Trinajstić information content (AvgIpc) is 3.29. The van der Waals surface area contributed by atoms with E-state index < -0.39 is 5.54 Å². The molecule has 1 saturated heterocycles. The molecule has 0 bridgehead atoms. The van der Waals surface area contributed by atoms with Crippen LogP contribution in [0.4, 0.5) is 4.79 Å². The van der Waals surface area contributed by atoms with Crippen molar-refractivity contribution < 1.29 is 28.6 Å². The summed E-state index contributed by atoms with van der Waals surface area (Å²) in [7, 11) is 4.42. The fourth-order valence-corrected chi connectivity index (χ4v) is 4.01. The number of nitrogens with one attached hydrogen (secondary N) is 2. The third-order valence-electron chi connectivity index (χ3n) is 5.50. The summed E-state index contributed by atoms with van der Waals surface area (Å²) >= 11 is 0. The molecule has 1 aromatic rings. The molecule has 1 aliphatic heterocycles. The number of methoxy groups -OCH3 is 3. The van der Waals surface area contributed by atoms with E-state index in [2.05, 4.69) is 10.6 Å². The number of urea groups is 1. The summed E-state index contributed by atoms with van der Waals surface area (Å²) in [5.74, 6) is 0.589. The highest BCUT2D eigenvalue weighted by molar-refractivity contribution is 6.07. The van der Waals surface area contributed by atoms with Crippen molar-refractivity contribution in [2.24, 2.45) is 0 Å². The van der Waals surface area contributed by atoms with Gasteiger partial charge >= 0.3 is 6.03 Å². The minimum Gasteiger partial charge on any atom is -0.493 e. The van der Waals surface area contributed by atoms with E-state index >= 15 is 0 Å². The van der Waals surface area contributed by atoms with Crippen molar-refractivity contribution in [3.05, 3.63) is 17.7 Å². The number of rotatable bonds is 8. The Kier molecular flexibility index (Phi) is 6.14. The molecule has 9 nitrogen and oxygen atoms in total. The standard InChI is InChI=1S/C20H27N3O6/c1-27-14-8-7-13(15(28-2)16(14)29-3)17(24)21-11-6-12-23-18(25)20(22-19(23)26)9-4-5-10-20/h7-8H,4-6,9-12H2,1-3H3,(H,21,24)(H,22,26). The molecule has 29 heavy (non-hydrogen) atoms. The lowest BCUT2D eigenvalue weighted by atomic mass is 9.98. The number of carbonyl (C=O) groups excluding carboxylic acids is 3. The number of amides is 4. The van der Waals surface area contributed by atoms with Crippen molar-refractivity contribution in [3.8, 4) is 17.2 Å². The Hall–Kier alpha value is -2.97. The monoisotopic (exact) mass is 405 g/mol. The first-order valence-corrected chi connectivity index (χ1v) is 9.68. The molecule has 2 aliphatic rings. The van der Waals surface area contributed by atoms with Crippen LogP contribution >= 0.6 is 0 Å². The summed E-state index contributed by atoms with van der Waals surface area (Å²) in [6.45, 7) is 0.566. The Balaban J connectivity index is 1.57. The number of hydrogen-bond acceptors (Lipinski definition) is 6. The maximum absolute atomic E-state index is 12.6. The van der Waals surface area contributed by atoms with Gasteiger partial charge in [0.15, 0.2) is 11.5 Å². The van der Waals surface area contributed by atoms with Crippen LogP contribution in [0.3, 0.4) is 0 Å². The second kappa shape index (κ2) is 8.59. The SMILES string of the molecule is COc1ccc(C(=O)NCCCN2C(=O)NC3(CCCC3)C2=O)c(OC)c1OC. The molecule has 1 saturated carbocycles. The van der Waals surface area contributed by atoms with E-state index in [1.54, 1.807) is 12.1 Å². The van der Waals surface area contributed by atoms with Crippen molar-refractivity contribution in [1.82, 2.24) is 15.5 Å². The van der Waals surface area contributed by atoms with Crippen LogP contribution in [-0.4, -0.2) is 62.7 Å². The number of imide groups is 1. The molecule has 0 aromatic heterocycles. The van der Waals surface area contributed by atoms with Gasteiger partial charge in [0.2, 0.25) is 5.75 Å². The van der Waals surface area contributed by atoms with Crippen LogP contribution in [0, 0.1) is 0 Å². The summed E-state index contributed by atoms with van der Waals surface area (Å²) in [6.07, 6.45) is 3.75. The Morgan fingerprint density at radius 2 is 1.79 bits per heavy atom. The predicted molar refractivity (Wildman–Crippen MR) is 104 cm³/mol. The van der Waals surface area contributed by atoms with Gasteiger partial charge < -0.3 is 24.8 Å². The zero-order valence-corrected chi connectivity index (χ0v) is 17.0. The minimum atomic E-state index is -0.701. The van der Waals surface area contributed by atoms with E-state index in [0.29, 0.717) is 42.9 Å². The van der Waals surface area contributed by atoms with Crippen molar-refractivity contribution in [3.63, 3.8) is 0 Å². The van der Waals surface area contributed by atoms with Gasteiger partial charge in [-0.2, -0.15) is 0 Å². The molecule has 9 heteroatoms. The van der Waals surface area contributed by atoms with Crippen LogP contribution in [0.1, 0.15) is 42.5 Å². The summed E-state index contributed by atoms with van der Waals surface area (Å²) in [5, 5.41) is 5.64. The van der Waals surface area contributed by atoms with Crippen molar-refractivity contribution in [1.29, 1.82) is 0 Å². The smallest absolute Gasteiger partial charge is 0.325 e. The van der Waals surface area contributed by atoms with Crippen LogP contribution in [0.5, 0.6) is 17.2 Å². The van der Waals surface area contributed by atoms with E-state index in [1.165, 1.54) is 26.2 Å². The highest BCUT2D eigenvalue weighted by Crippen LogP contribution is 2.39. The third kappa shape index (κ3) is 3.81. The van der Waals surface area contributed by atoms with E-state index in [-0.39, 0.29) is 30.1 Å². The molecular weight excluding hydrogens is 378 g/mol. The normalized spacial score (nSPS) is 17.4. The van der Waals surface area contributed by atoms with Gasteiger partial charge in [-0.1, -0.05) is 12.8 Å².